The van der Waals surface area contributed by atoms with E-state index >= 15 is 0 Å². The number of hydrogen-bond acceptors (Lipinski definition) is 11. The van der Waals surface area contributed by atoms with Gasteiger partial charge < -0.3 is 15.1 Å². The summed E-state index contributed by atoms with van der Waals surface area (Å²) in [6.45, 7) is 46.8. The number of aromatic nitrogens is 15. The van der Waals surface area contributed by atoms with Crippen LogP contribution in [0.3, 0.4) is 0 Å². The van der Waals surface area contributed by atoms with Crippen LogP contribution in [0, 0.1) is 33.5 Å². The summed E-state index contributed by atoms with van der Waals surface area (Å²) in [5, 5.41) is 33.0. The second-order valence-electron chi connectivity index (χ2n) is 31.1. The van der Waals surface area contributed by atoms with Crippen LogP contribution in [0.1, 0.15) is 286 Å². The van der Waals surface area contributed by atoms with Crippen LogP contribution in [0.2, 0.25) is 10.0 Å². The highest BCUT2D eigenvalue weighted by Gasteiger charge is 2.36. The van der Waals surface area contributed by atoms with Crippen molar-refractivity contribution in [3.63, 3.8) is 0 Å². The fourth-order valence-electron chi connectivity index (χ4n) is 12.0. The molecule has 2 amide bonds. The van der Waals surface area contributed by atoms with Gasteiger partial charge in [-0.3, -0.25) is 33.3 Å². The van der Waals surface area contributed by atoms with Gasteiger partial charge in [0.25, 0.3) is 11.8 Å². The van der Waals surface area contributed by atoms with Gasteiger partial charge in [0, 0.05) is 104 Å². The van der Waals surface area contributed by atoms with Crippen LogP contribution in [0.25, 0.3) is 17.1 Å². The predicted molar refractivity (Wildman–Crippen MR) is 434 cm³/mol. The molecular weight excluding hydrogens is 1480 g/mol. The van der Waals surface area contributed by atoms with Gasteiger partial charge in [0.2, 0.25) is 0 Å². The van der Waals surface area contributed by atoms with Gasteiger partial charge >= 0.3 is 12.4 Å². The van der Waals surface area contributed by atoms with Crippen molar-refractivity contribution in [3.05, 3.63) is 205 Å². The third kappa shape index (κ3) is 26.6. The molecular formula is C83H117Cl2F7N18O2. The lowest BCUT2D eigenvalue weighted by Crippen LogP contribution is -2.43. The van der Waals surface area contributed by atoms with Gasteiger partial charge in [0.1, 0.15) is 5.82 Å². The first-order valence-corrected chi connectivity index (χ1v) is 38.7. The van der Waals surface area contributed by atoms with Crippen LogP contribution in [-0.4, -0.2) is 135 Å². The van der Waals surface area contributed by atoms with E-state index in [1.54, 1.807) is 43.3 Å². The van der Waals surface area contributed by atoms with Crippen LogP contribution < -0.4 is 5.32 Å². The Morgan fingerprint density at radius 3 is 1.26 bits per heavy atom. The second-order valence-corrected chi connectivity index (χ2v) is 31.9. The van der Waals surface area contributed by atoms with Crippen molar-refractivity contribution in [2.45, 2.75) is 237 Å². The lowest BCUT2D eigenvalue weighted by atomic mass is 10.1. The Labute approximate surface area is 667 Å². The quantitative estimate of drug-likeness (QED) is 0.0961. The average molecular weight is 1600 g/mol. The van der Waals surface area contributed by atoms with Crippen LogP contribution in [0.5, 0.6) is 0 Å². The van der Waals surface area contributed by atoms with E-state index in [1.807, 2.05) is 141 Å². The number of nitrogens with zero attached hydrogens (tertiary/aromatic N) is 17. The Balaban J connectivity index is 0.000000239. The number of carbonyl (C=O) groups excluding carboxylic acids is 2. The number of piperidine rings is 1. The molecule has 20 nitrogen and oxygen atoms in total. The van der Waals surface area contributed by atoms with Gasteiger partial charge in [-0.25, -0.2) is 18.4 Å². The number of amides is 2. The minimum absolute atomic E-state index is 0.0261. The topological polar surface area (TPSA) is 190 Å². The molecule has 8 aromatic heterocycles. The number of alkyl halides is 6. The molecule has 112 heavy (non-hydrogen) atoms. The average Bonchev–Trinajstić information content (AvgIpc) is 1.67. The van der Waals surface area contributed by atoms with Crippen molar-refractivity contribution in [1.29, 1.82) is 0 Å². The Bertz CT molecular complexity index is 4560. The van der Waals surface area contributed by atoms with Crippen molar-refractivity contribution in [2.24, 2.45) is 14.1 Å². The summed E-state index contributed by atoms with van der Waals surface area (Å²) in [4.78, 5) is 32.5. The number of hydrogen-bond donors (Lipinski definition) is 1. The Morgan fingerprint density at radius 1 is 0.446 bits per heavy atom. The van der Waals surface area contributed by atoms with E-state index in [0.717, 1.165) is 88.5 Å². The number of aryl methyl sites for hydroxylation is 6. The molecule has 1 aliphatic rings. The fraction of sp³-hybridized carbons (Fsp3) is 0.518. The maximum absolute atomic E-state index is 13.3. The highest BCUT2D eigenvalue weighted by molar-refractivity contribution is 6.31. The highest BCUT2D eigenvalue weighted by Crippen LogP contribution is 2.34. The molecule has 2 aromatic carbocycles. The van der Waals surface area contributed by atoms with Gasteiger partial charge in [0.15, 0.2) is 22.8 Å². The van der Waals surface area contributed by atoms with E-state index in [2.05, 4.69) is 150 Å². The van der Waals surface area contributed by atoms with Crippen LogP contribution in [0.4, 0.5) is 30.7 Å². The third-order valence-electron chi connectivity index (χ3n) is 18.0. The van der Waals surface area contributed by atoms with Gasteiger partial charge in [-0.15, -0.1) is 0 Å². The summed E-state index contributed by atoms with van der Waals surface area (Å²) in [5.41, 5.74) is 13.0. The predicted octanol–water partition coefficient (Wildman–Crippen LogP) is 20.9. The van der Waals surface area contributed by atoms with Crippen molar-refractivity contribution in [3.8, 4) is 17.1 Å². The number of halogens is 9. The number of nitrogens with one attached hydrogen (secondary N) is 1. The Morgan fingerprint density at radius 2 is 0.839 bits per heavy atom. The monoisotopic (exact) mass is 1600 g/mol. The molecule has 0 saturated carbocycles. The van der Waals surface area contributed by atoms with E-state index in [4.69, 9.17) is 23.2 Å². The number of pyridine rings is 1. The zero-order valence-electron chi connectivity index (χ0n) is 70.2. The standard InChI is InChI=1S/C20H27ClN4O.C15H17ClFN3O.C12H15N3.C10H15F3N2.C10H18N2.C8H11F3N2.C8H14N2/c1-13(2)19-12-18(20(26)22-15-7-9-24(4)10-8-15)23-25(19)16-5-6-17(21)14(3)11-16;1-9(2)14-8-13(15(21)19(3)4)18-20(14)10-5-6-12(17)11(16)7-10;1-9(2)12-8-10(3)14-15(12)11-4-6-13-7-5-11;1-6(2)8-5-9(10(11,12)13)14-15(8)7(3)4;1-7(2)10-6-9(5)11-12(10)8(3)4;1-5(2)6-4-7(8(9,10)11)12-13(6)3;1-6(2)8-5-7(3)9-10(8)4/h5-6,11-13,15H,7-10H2,1-4H3,(H,22,26);5-9H,1-4H3;4-9H,1-3H3;5-7H,1-4H3;6-8H,1-5H3;4-5H,1-3H3;5-6H,1-4H3. The minimum Gasteiger partial charge on any atom is -0.348 e. The van der Waals surface area contributed by atoms with E-state index in [1.165, 1.54) is 50.5 Å². The van der Waals surface area contributed by atoms with E-state index in [9.17, 15) is 40.3 Å². The summed E-state index contributed by atoms with van der Waals surface area (Å²) >= 11 is 12.0. The summed E-state index contributed by atoms with van der Waals surface area (Å²) < 4.78 is 99.3. The van der Waals surface area contributed by atoms with Gasteiger partial charge in [-0.1, -0.05) is 120 Å². The van der Waals surface area contributed by atoms with Crippen molar-refractivity contribution < 1.29 is 40.3 Å². The normalized spacial score (nSPS) is 12.7. The van der Waals surface area contributed by atoms with Gasteiger partial charge in [-0.05, 0) is 226 Å². The molecule has 11 rings (SSSR count). The van der Waals surface area contributed by atoms with Gasteiger partial charge in [0.05, 0.1) is 39.2 Å². The molecule has 0 bridgehead atoms. The summed E-state index contributed by atoms with van der Waals surface area (Å²) in [7, 11) is 8.96. The smallest absolute Gasteiger partial charge is 0.348 e. The lowest BCUT2D eigenvalue weighted by Gasteiger charge is -2.29. The van der Waals surface area contributed by atoms with Crippen LogP contribution in [0.15, 0.2) is 103 Å². The molecule has 0 atom stereocenters. The van der Waals surface area contributed by atoms with Crippen LogP contribution in [-0.2, 0) is 26.4 Å². The molecule has 0 unspecified atom stereocenters. The maximum Gasteiger partial charge on any atom is 0.435 e. The molecule has 10 aromatic rings. The summed E-state index contributed by atoms with van der Waals surface area (Å²) in [5.74, 6) is 1.36. The SMILES string of the molecule is CC(C)c1cc(C(=O)N(C)C)nn1-c1ccc(F)c(Cl)c1.CC(C)c1cc(C(F)(F)F)nn1C.CC(C)c1cc(C(F)(F)F)nn1C(C)C.Cc1cc(-n2nc(C(=O)NC3CCN(C)CC3)cc2C(C)C)ccc1Cl.Cc1cc(C(C)C)n(-c2ccncc2)n1.Cc1cc(C(C)C)n(C(C)C)n1.Cc1cc(C(C)C)n(C)n1. The lowest BCUT2D eigenvalue weighted by molar-refractivity contribution is -0.142. The van der Waals surface area contributed by atoms with Crippen LogP contribution >= 0.6 is 23.2 Å². The third-order valence-corrected chi connectivity index (χ3v) is 18.7. The number of carbonyl (C=O) groups is 2. The molecule has 0 spiro atoms. The molecule has 29 heteroatoms. The molecule has 0 radical (unpaired) electrons. The first-order chi connectivity index (χ1) is 52.0. The van der Waals surface area contributed by atoms with Gasteiger partial charge in [-0.2, -0.15) is 62.0 Å². The van der Waals surface area contributed by atoms with Crippen molar-refractivity contribution in [1.82, 2.24) is 88.6 Å². The van der Waals surface area contributed by atoms with Crippen molar-refractivity contribution >= 4 is 35.0 Å². The Kier molecular flexibility index (Phi) is 34.4. The van der Waals surface area contributed by atoms with E-state index in [0.29, 0.717) is 52.3 Å². The highest BCUT2D eigenvalue weighted by atomic mass is 35.5. The summed E-state index contributed by atoms with van der Waals surface area (Å²) in [6.07, 6.45) is -3.16. The molecule has 614 valence electrons. The number of benzene rings is 2. The zero-order valence-corrected chi connectivity index (χ0v) is 71.7. The molecule has 1 N–H and O–H groups in total. The number of likely N-dealkylation sites (tertiary alicyclic amines) is 1. The molecule has 1 saturated heterocycles. The minimum atomic E-state index is -4.36. The first-order valence-electron chi connectivity index (χ1n) is 38.0. The maximum atomic E-state index is 13.3. The van der Waals surface area contributed by atoms with Crippen molar-refractivity contribution in [2.75, 3.05) is 34.2 Å². The number of rotatable bonds is 15. The summed E-state index contributed by atoms with van der Waals surface area (Å²) in [6, 6.07) is 27.1. The molecule has 1 fully saturated rings. The fourth-order valence-corrected chi connectivity index (χ4v) is 12.3. The molecule has 9 heterocycles. The van der Waals surface area contributed by atoms with E-state index in [-0.39, 0.29) is 52.6 Å². The molecule has 1 aliphatic heterocycles. The second kappa shape index (κ2) is 41.2. The molecule has 0 aliphatic carbocycles. The largest absolute Gasteiger partial charge is 0.435 e. The first kappa shape index (κ1) is 93.6. The van der Waals surface area contributed by atoms with E-state index < -0.39 is 29.6 Å². The Hall–Kier alpha value is -8.95. The zero-order chi connectivity index (χ0) is 84.5.